The molecule has 0 amide bonds. The average Bonchev–Trinajstić information content (AvgIpc) is 2.57. The number of ether oxygens (including phenoxy) is 2. The highest BCUT2D eigenvalue weighted by Gasteiger charge is 2.15. The Bertz CT molecular complexity index is 789. The van der Waals surface area contributed by atoms with Crippen molar-refractivity contribution in [3.8, 4) is 11.5 Å². The summed E-state index contributed by atoms with van der Waals surface area (Å²) in [6.07, 6.45) is 0. The van der Waals surface area contributed by atoms with E-state index in [9.17, 15) is 0 Å². The zero-order valence-corrected chi connectivity index (χ0v) is 14.3. The van der Waals surface area contributed by atoms with Crippen molar-refractivity contribution in [2.24, 2.45) is 0 Å². The molecule has 0 aliphatic carbocycles. The van der Waals surface area contributed by atoms with Crippen LogP contribution in [0.1, 0.15) is 13.8 Å². The van der Waals surface area contributed by atoms with Crippen molar-refractivity contribution in [2.45, 2.75) is 13.8 Å². The molecule has 0 saturated carbocycles. The summed E-state index contributed by atoms with van der Waals surface area (Å²) >= 11 is 0. The summed E-state index contributed by atoms with van der Waals surface area (Å²) < 4.78 is 12.2. The summed E-state index contributed by atoms with van der Waals surface area (Å²) in [6, 6.07) is 16.4. The van der Waals surface area contributed by atoms with E-state index in [0.717, 1.165) is 44.2 Å². The standard InChI is InChI=1S/C22H22O2/c1-15(2)13-23-21-17-9-5-7-11-19(17)22(24-14-16(3)4)20-12-8-6-10-18(20)21/h5-12H,1,3,13-14H2,2,4H3. The van der Waals surface area contributed by atoms with Crippen molar-refractivity contribution in [1.29, 1.82) is 0 Å². The number of rotatable bonds is 6. The fourth-order valence-electron chi connectivity index (χ4n) is 2.75. The molecule has 0 radical (unpaired) electrons. The van der Waals surface area contributed by atoms with Gasteiger partial charge in [-0.05, 0) is 25.0 Å². The van der Waals surface area contributed by atoms with Gasteiger partial charge in [0.1, 0.15) is 24.7 Å². The van der Waals surface area contributed by atoms with Crippen LogP contribution in [0, 0.1) is 0 Å². The lowest BCUT2D eigenvalue weighted by Gasteiger charge is -2.18. The van der Waals surface area contributed by atoms with Gasteiger partial charge < -0.3 is 9.47 Å². The van der Waals surface area contributed by atoms with Crippen molar-refractivity contribution in [1.82, 2.24) is 0 Å². The van der Waals surface area contributed by atoms with Gasteiger partial charge in [0, 0.05) is 21.5 Å². The molecule has 3 aromatic carbocycles. The van der Waals surface area contributed by atoms with Crippen molar-refractivity contribution < 1.29 is 9.47 Å². The van der Waals surface area contributed by atoms with Crippen molar-refractivity contribution in [3.05, 3.63) is 72.8 Å². The Morgan fingerprint density at radius 1 is 0.667 bits per heavy atom. The maximum Gasteiger partial charge on any atom is 0.135 e. The van der Waals surface area contributed by atoms with Crippen LogP contribution in [0.5, 0.6) is 11.5 Å². The molecule has 122 valence electrons. The minimum atomic E-state index is 0.500. The molecular formula is C22H22O2. The lowest BCUT2D eigenvalue weighted by molar-refractivity contribution is 0.355. The molecule has 0 aliphatic rings. The SMILES string of the molecule is C=C(C)COc1c2ccccc2c(OCC(=C)C)c2ccccc12. The minimum Gasteiger partial charge on any atom is -0.488 e. The maximum atomic E-state index is 6.10. The zero-order chi connectivity index (χ0) is 17.1. The Kier molecular flexibility index (Phi) is 4.57. The van der Waals surface area contributed by atoms with Crippen LogP contribution in [-0.2, 0) is 0 Å². The molecule has 0 heterocycles. The van der Waals surface area contributed by atoms with E-state index < -0.39 is 0 Å². The molecule has 0 unspecified atom stereocenters. The van der Waals surface area contributed by atoms with Gasteiger partial charge in [0.2, 0.25) is 0 Å². The Balaban J connectivity index is 2.28. The predicted molar refractivity (Wildman–Crippen MR) is 102 cm³/mol. The van der Waals surface area contributed by atoms with Gasteiger partial charge in [0.25, 0.3) is 0 Å². The molecule has 3 aromatic rings. The van der Waals surface area contributed by atoms with E-state index in [1.54, 1.807) is 0 Å². The van der Waals surface area contributed by atoms with Crippen LogP contribution < -0.4 is 9.47 Å². The summed E-state index contributed by atoms with van der Waals surface area (Å²) in [6.45, 7) is 12.8. The normalized spacial score (nSPS) is 10.8. The highest BCUT2D eigenvalue weighted by Crippen LogP contribution is 2.42. The third-order valence-corrected chi connectivity index (χ3v) is 3.76. The smallest absolute Gasteiger partial charge is 0.135 e. The number of hydrogen-bond donors (Lipinski definition) is 0. The first kappa shape index (κ1) is 16.1. The van der Waals surface area contributed by atoms with Gasteiger partial charge in [0.15, 0.2) is 0 Å². The average molecular weight is 318 g/mol. The monoisotopic (exact) mass is 318 g/mol. The Labute approximate surface area is 143 Å². The Morgan fingerprint density at radius 2 is 0.958 bits per heavy atom. The van der Waals surface area contributed by atoms with Gasteiger partial charge >= 0.3 is 0 Å². The van der Waals surface area contributed by atoms with E-state index in [4.69, 9.17) is 9.47 Å². The topological polar surface area (TPSA) is 18.5 Å². The second kappa shape index (κ2) is 6.79. The van der Waals surface area contributed by atoms with E-state index >= 15 is 0 Å². The number of benzene rings is 3. The van der Waals surface area contributed by atoms with Crippen LogP contribution in [-0.4, -0.2) is 13.2 Å². The quantitative estimate of drug-likeness (QED) is 0.416. The maximum absolute atomic E-state index is 6.10. The third-order valence-electron chi connectivity index (χ3n) is 3.76. The Morgan fingerprint density at radius 3 is 1.21 bits per heavy atom. The van der Waals surface area contributed by atoms with Crippen LogP contribution in [0.4, 0.5) is 0 Å². The fraction of sp³-hybridized carbons (Fsp3) is 0.182. The predicted octanol–water partition coefficient (Wildman–Crippen LogP) is 5.90. The molecule has 0 spiro atoms. The molecule has 0 aliphatic heterocycles. The van der Waals surface area contributed by atoms with Crippen LogP contribution in [0.25, 0.3) is 21.5 Å². The number of hydrogen-bond acceptors (Lipinski definition) is 2. The summed E-state index contributed by atoms with van der Waals surface area (Å²) in [5.41, 5.74) is 1.98. The van der Waals surface area contributed by atoms with E-state index in [1.165, 1.54) is 0 Å². The van der Waals surface area contributed by atoms with Crippen LogP contribution >= 0.6 is 0 Å². The first-order valence-electron chi connectivity index (χ1n) is 8.05. The molecule has 0 fully saturated rings. The third kappa shape index (κ3) is 3.13. The fourth-order valence-corrected chi connectivity index (χ4v) is 2.75. The van der Waals surface area contributed by atoms with Crippen LogP contribution in [0.15, 0.2) is 72.8 Å². The lowest BCUT2D eigenvalue weighted by atomic mass is 10.0. The molecule has 3 rings (SSSR count). The molecule has 0 bridgehead atoms. The van der Waals surface area contributed by atoms with Crippen molar-refractivity contribution in [2.75, 3.05) is 13.2 Å². The molecule has 24 heavy (non-hydrogen) atoms. The van der Waals surface area contributed by atoms with Gasteiger partial charge in [-0.3, -0.25) is 0 Å². The molecular weight excluding hydrogens is 296 g/mol. The summed E-state index contributed by atoms with van der Waals surface area (Å²) in [4.78, 5) is 0. The van der Waals surface area contributed by atoms with Crippen LogP contribution in [0.3, 0.4) is 0 Å². The van der Waals surface area contributed by atoms with Gasteiger partial charge in [0.05, 0.1) is 0 Å². The van der Waals surface area contributed by atoms with Gasteiger partial charge in [-0.1, -0.05) is 61.7 Å². The first-order chi connectivity index (χ1) is 11.6. The van der Waals surface area contributed by atoms with E-state index in [0.29, 0.717) is 13.2 Å². The molecule has 2 heteroatoms. The lowest BCUT2D eigenvalue weighted by Crippen LogP contribution is -2.02. The first-order valence-corrected chi connectivity index (χ1v) is 8.05. The highest BCUT2D eigenvalue weighted by molar-refractivity contribution is 6.11. The molecule has 0 saturated heterocycles. The van der Waals surface area contributed by atoms with Gasteiger partial charge in [-0.15, -0.1) is 0 Å². The zero-order valence-electron chi connectivity index (χ0n) is 14.3. The van der Waals surface area contributed by atoms with Crippen LogP contribution in [0.2, 0.25) is 0 Å². The van der Waals surface area contributed by atoms with Gasteiger partial charge in [-0.2, -0.15) is 0 Å². The molecule has 0 aromatic heterocycles. The summed E-state index contributed by atoms with van der Waals surface area (Å²) in [7, 11) is 0. The molecule has 0 N–H and O–H groups in total. The minimum absolute atomic E-state index is 0.500. The highest BCUT2D eigenvalue weighted by atomic mass is 16.5. The molecule has 0 atom stereocenters. The summed E-state index contributed by atoms with van der Waals surface area (Å²) in [5, 5.41) is 4.20. The second-order valence-electron chi connectivity index (χ2n) is 6.24. The number of fused-ring (bicyclic) bond motifs is 2. The van der Waals surface area contributed by atoms with Crippen molar-refractivity contribution >= 4 is 21.5 Å². The van der Waals surface area contributed by atoms with E-state index in [2.05, 4.69) is 37.4 Å². The van der Waals surface area contributed by atoms with E-state index in [1.807, 2.05) is 38.1 Å². The van der Waals surface area contributed by atoms with E-state index in [-0.39, 0.29) is 0 Å². The van der Waals surface area contributed by atoms with Crippen molar-refractivity contribution in [3.63, 3.8) is 0 Å². The molecule has 2 nitrogen and oxygen atoms in total. The summed E-state index contributed by atoms with van der Waals surface area (Å²) in [5.74, 6) is 1.76. The Hall–Kier alpha value is -2.74. The second-order valence-corrected chi connectivity index (χ2v) is 6.24. The van der Waals surface area contributed by atoms with Gasteiger partial charge in [-0.25, -0.2) is 0 Å². The largest absolute Gasteiger partial charge is 0.488 e.